The fourth-order valence-electron chi connectivity index (χ4n) is 3.70. The molecule has 3 amide bonds. The van der Waals surface area contributed by atoms with E-state index in [1.165, 1.54) is 4.90 Å². The number of hydrogen-bond donors (Lipinski definition) is 4. The van der Waals surface area contributed by atoms with Crippen LogP contribution in [-0.4, -0.2) is 57.4 Å². The average Bonchev–Trinajstić information content (AvgIpc) is 2.73. The number of carbonyl (C=O) groups excluding carboxylic acids is 3. The molecule has 0 saturated carbocycles. The van der Waals surface area contributed by atoms with E-state index in [4.69, 9.17) is 4.74 Å². The molecule has 0 bridgehead atoms. The Hall–Kier alpha value is -2.42. The van der Waals surface area contributed by atoms with Crippen LogP contribution in [0.3, 0.4) is 0 Å². The molecule has 1 aromatic rings. The van der Waals surface area contributed by atoms with Crippen LogP contribution in [0, 0.1) is 6.92 Å². The smallest absolute Gasteiger partial charge is 0.408 e. The molecule has 204 valence electrons. The van der Waals surface area contributed by atoms with Crippen LogP contribution in [0.2, 0.25) is 0 Å². The molecule has 1 rings (SSSR count). The van der Waals surface area contributed by atoms with Gasteiger partial charge in [-0.2, -0.15) is 12.6 Å². The lowest BCUT2D eigenvalue weighted by molar-refractivity contribution is -0.142. The molecule has 9 heteroatoms. The number of ether oxygens (including phenoxy) is 1. The quantitative estimate of drug-likeness (QED) is 0.244. The van der Waals surface area contributed by atoms with Crippen LogP contribution in [0.4, 0.5) is 4.79 Å². The molecule has 0 aliphatic carbocycles. The van der Waals surface area contributed by atoms with E-state index < -0.39 is 41.1 Å². The lowest BCUT2D eigenvalue weighted by Gasteiger charge is -2.36. The highest BCUT2D eigenvalue weighted by Gasteiger charge is 2.38. The maximum atomic E-state index is 13.9. The van der Waals surface area contributed by atoms with E-state index in [9.17, 15) is 19.5 Å². The van der Waals surface area contributed by atoms with Gasteiger partial charge < -0.3 is 25.4 Å². The Morgan fingerprint density at radius 3 is 2.25 bits per heavy atom. The summed E-state index contributed by atoms with van der Waals surface area (Å²) in [6.07, 6.45) is 2.80. The minimum Gasteiger partial charge on any atom is -0.507 e. The Labute approximate surface area is 222 Å². The van der Waals surface area contributed by atoms with E-state index in [1.54, 1.807) is 45.9 Å². The first-order valence-corrected chi connectivity index (χ1v) is 13.3. The Morgan fingerprint density at radius 1 is 1.08 bits per heavy atom. The summed E-state index contributed by atoms with van der Waals surface area (Å²) < 4.78 is 5.33. The predicted molar refractivity (Wildman–Crippen MR) is 146 cm³/mol. The number of nitrogens with one attached hydrogen (secondary N) is 2. The number of phenols is 1. The van der Waals surface area contributed by atoms with Crippen LogP contribution in [0.5, 0.6) is 5.75 Å². The van der Waals surface area contributed by atoms with E-state index >= 15 is 0 Å². The predicted octanol–water partition coefficient (Wildman–Crippen LogP) is 4.89. The number of thiol groups is 1. The van der Waals surface area contributed by atoms with Crippen molar-refractivity contribution in [1.82, 2.24) is 15.5 Å². The SMILES string of the molecule is CCCCCCN(C(=O)C(CS)NC(=O)OC(C)(C)C)C(C(=O)NC(C)(C)C)c1cccc(C)c1O. The summed E-state index contributed by atoms with van der Waals surface area (Å²) in [6.45, 7) is 14.9. The number of phenolic OH excluding ortho intramolecular Hbond substituents is 1. The van der Waals surface area contributed by atoms with Gasteiger partial charge in [0.2, 0.25) is 11.8 Å². The van der Waals surface area contributed by atoms with Gasteiger partial charge in [-0.25, -0.2) is 4.79 Å². The van der Waals surface area contributed by atoms with Crippen molar-refractivity contribution in [3.8, 4) is 5.75 Å². The second-order valence-corrected chi connectivity index (χ2v) is 11.5. The van der Waals surface area contributed by atoms with Gasteiger partial charge in [-0.05, 0) is 60.5 Å². The summed E-state index contributed by atoms with van der Waals surface area (Å²) in [5.74, 6) is -0.915. The van der Waals surface area contributed by atoms with Crippen LogP contribution < -0.4 is 10.6 Å². The minimum atomic E-state index is -1.10. The van der Waals surface area contributed by atoms with Gasteiger partial charge in [0.05, 0.1) is 0 Å². The molecule has 1 aromatic carbocycles. The van der Waals surface area contributed by atoms with Gasteiger partial charge in [-0.1, -0.05) is 44.4 Å². The molecule has 36 heavy (non-hydrogen) atoms. The van der Waals surface area contributed by atoms with E-state index in [-0.39, 0.29) is 18.0 Å². The van der Waals surface area contributed by atoms with Crippen molar-refractivity contribution in [2.75, 3.05) is 12.3 Å². The Morgan fingerprint density at radius 2 is 1.72 bits per heavy atom. The normalized spacial score (nSPS) is 13.5. The summed E-state index contributed by atoms with van der Waals surface area (Å²) in [4.78, 5) is 41.4. The molecular weight excluding hydrogens is 478 g/mol. The number of carbonyl (C=O) groups is 3. The monoisotopic (exact) mass is 523 g/mol. The number of para-hydroxylation sites is 1. The van der Waals surface area contributed by atoms with Gasteiger partial charge in [-0.15, -0.1) is 0 Å². The fourth-order valence-corrected chi connectivity index (χ4v) is 3.95. The fraction of sp³-hybridized carbons (Fsp3) is 0.667. The standard InChI is InChI=1S/C27H45N3O5S/c1-9-10-11-12-16-30(24(33)20(17-36)28-25(34)35-27(6,7)8)21(23(32)29-26(3,4)5)19-15-13-14-18(2)22(19)31/h13-15,20-21,31,36H,9-12,16-17H2,1-8H3,(H,28,34)(H,29,32). The molecule has 0 radical (unpaired) electrons. The van der Waals surface area contributed by atoms with Gasteiger partial charge in [0.25, 0.3) is 0 Å². The molecule has 2 unspecified atom stereocenters. The van der Waals surface area contributed by atoms with Gasteiger partial charge >= 0.3 is 6.09 Å². The maximum Gasteiger partial charge on any atom is 0.408 e. The number of aryl methyl sites for hydroxylation is 1. The van der Waals surface area contributed by atoms with E-state index in [1.807, 2.05) is 20.8 Å². The van der Waals surface area contributed by atoms with Crippen molar-refractivity contribution in [2.24, 2.45) is 0 Å². The molecule has 0 fully saturated rings. The summed E-state index contributed by atoms with van der Waals surface area (Å²) >= 11 is 4.31. The Balaban J connectivity index is 3.50. The highest BCUT2D eigenvalue weighted by molar-refractivity contribution is 7.80. The zero-order valence-electron chi connectivity index (χ0n) is 23.1. The van der Waals surface area contributed by atoms with Gasteiger partial charge in [0.15, 0.2) is 0 Å². The molecule has 0 spiro atoms. The minimum absolute atomic E-state index is 0.0109. The molecule has 8 nitrogen and oxygen atoms in total. The first kappa shape index (κ1) is 31.6. The number of rotatable bonds is 11. The molecule has 0 saturated heterocycles. The molecule has 3 N–H and O–H groups in total. The molecule has 0 aromatic heterocycles. The first-order chi connectivity index (χ1) is 16.6. The number of amides is 3. The third-order valence-electron chi connectivity index (χ3n) is 5.33. The number of alkyl carbamates (subject to hydrolysis) is 1. The largest absolute Gasteiger partial charge is 0.507 e. The molecule has 2 atom stereocenters. The Kier molecular flexibility index (Phi) is 12.1. The number of nitrogens with zero attached hydrogens (tertiary/aromatic N) is 1. The van der Waals surface area contributed by atoms with Crippen molar-refractivity contribution in [2.45, 2.75) is 104 Å². The summed E-state index contributed by atoms with van der Waals surface area (Å²) in [5.41, 5.74) is -0.382. The number of unbranched alkanes of at least 4 members (excludes halogenated alkanes) is 3. The highest BCUT2D eigenvalue weighted by Crippen LogP contribution is 2.33. The molecule has 0 heterocycles. The van der Waals surface area contributed by atoms with Crippen LogP contribution in [0.15, 0.2) is 18.2 Å². The molecular formula is C27H45N3O5S. The second-order valence-electron chi connectivity index (χ2n) is 11.1. The number of hydrogen-bond acceptors (Lipinski definition) is 6. The van der Waals surface area contributed by atoms with Crippen molar-refractivity contribution < 1.29 is 24.2 Å². The number of benzene rings is 1. The zero-order chi connectivity index (χ0) is 27.7. The second kappa shape index (κ2) is 13.8. The zero-order valence-corrected chi connectivity index (χ0v) is 24.0. The molecule has 0 aliphatic rings. The van der Waals surface area contributed by atoms with Crippen LogP contribution in [-0.2, 0) is 14.3 Å². The highest BCUT2D eigenvalue weighted by atomic mass is 32.1. The summed E-state index contributed by atoms with van der Waals surface area (Å²) in [7, 11) is 0. The molecule has 0 aliphatic heterocycles. The van der Waals surface area contributed by atoms with Gasteiger partial charge in [-0.3, -0.25) is 9.59 Å². The summed E-state index contributed by atoms with van der Waals surface area (Å²) in [6, 6.07) is 3.02. The third-order valence-corrected chi connectivity index (χ3v) is 5.69. The first-order valence-electron chi connectivity index (χ1n) is 12.6. The van der Waals surface area contributed by atoms with Gasteiger partial charge in [0.1, 0.15) is 23.4 Å². The lowest BCUT2D eigenvalue weighted by Crippen LogP contribution is -2.55. The average molecular weight is 524 g/mol. The van der Waals surface area contributed by atoms with Crippen LogP contribution in [0.25, 0.3) is 0 Å². The Bertz CT molecular complexity index is 892. The number of aromatic hydroxyl groups is 1. The van der Waals surface area contributed by atoms with E-state index in [2.05, 4.69) is 30.2 Å². The third kappa shape index (κ3) is 10.3. The van der Waals surface area contributed by atoms with Crippen molar-refractivity contribution >= 4 is 30.5 Å². The topological polar surface area (TPSA) is 108 Å². The lowest BCUT2D eigenvalue weighted by atomic mass is 9.97. The van der Waals surface area contributed by atoms with Crippen LogP contribution in [0.1, 0.15) is 91.3 Å². The van der Waals surface area contributed by atoms with Gasteiger partial charge in [0, 0.05) is 23.4 Å². The van der Waals surface area contributed by atoms with E-state index in [0.29, 0.717) is 17.5 Å². The maximum absolute atomic E-state index is 13.9. The van der Waals surface area contributed by atoms with Crippen molar-refractivity contribution in [3.05, 3.63) is 29.3 Å². The summed E-state index contributed by atoms with van der Waals surface area (Å²) in [5, 5.41) is 16.5. The van der Waals surface area contributed by atoms with Crippen molar-refractivity contribution in [3.63, 3.8) is 0 Å². The van der Waals surface area contributed by atoms with Crippen molar-refractivity contribution in [1.29, 1.82) is 0 Å². The van der Waals surface area contributed by atoms with E-state index in [0.717, 1.165) is 19.3 Å². The van der Waals surface area contributed by atoms with Crippen LogP contribution >= 0.6 is 12.6 Å².